The highest BCUT2D eigenvalue weighted by atomic mass is 16.5. The standard InChI is InChI=1S/C25H20N6O4/c1-35-16-12-10-14(11-13-16)21-20-22(28-27-21)17-8-5-9-18(19(17)23(20)32)26-25(34)30-31-29-24(33)15-6-3-2-4-7-15/h2-13,31H,1H3,(H,27,28)(H,29,33)(H2,26,30,34). The van der Waals surface area contributed by atoms with Crippen molar-refractivity contribution >= 4 is 23.4 Å². The number of aromatic amines is 1. The number of hydrogen-bond donors (Lipinski definition) is 5. The average Bonchev–Trinajstić information content (AvgIpc) is 3.45. The lowest BCUT2D eigenvalue weighted by Crippen LogP contribution is -2.50. The summed E-state index contributed by atoms with van der Waals surface area (Å²) in [6, 6.07) is 20.3. The van der Waals surface area contributed by atoms with Gasteiger partial charge in [0.05, 0.1) is 29.6 Å². The van der Waals surface area contributed by atoms with Crippen LogP contribution in [0.15, 0.2) is 72.8 Å². The highest BCUT2D eigenvalue weighted by Gasteiger charge is 2.35. The molecule has 5 N–H and O–H groups in total. The molecule has 1 aliphatic carbocycles. The molecule has 0 saturated heterocycles. The first-order valence-electron chi connectivity index (χ1n) is 10.6. The van der Waals surface area contributed by atoms with E-state index in [1.807, 2.05) is 12.1 Å². The summed E-state index contributed by atoms with van der Waals surface area (Å²) in [7, 11) is 1.58. The summed E-state index contributed by atoms with van der Waals surface area (Å²) in [5.74, 6) is 0.0242. The number of fused-ring (bicyclic) bond motifs is 3. The van der Waals surface area contributed by atoms with E-state index in [-0.39, 0.29) is 5.78 Å². The number of carbonyl (C=O) groups excluding carboxylic acids is 3. The van der Waals surface area contributed by atoms with E-state index in [9.17, 15) is 14.4 Å². The highest BCUT2D eigenvalue weighted by Crippen LogP contribution is 2.43. The van der Waals surface area contributed by atoms with Crippen molar-refractivity contribution in [2.45, 2.75) is 0 Å². The van der Waals surface area contributed by atoms with Crippen molar-refractivity contribution < 1.29 is 19.1 Å². The van der Waals surface area contributed by atoms with Crippen LogP contribution >= 0.6 is 0 Å². The van der Waals surface area contributed by atoms with E-state index in [1.54, 1.807) is 67.8 Å². The zero-order valence-corrected chi connectivity index (χ0v) is 18.5. The second-order valence-electron chi connectivity index (χ2n) is 7.63. The van der Waals surface area contributed by atoms with E-state index in [4.69, 9.17) is 4.74 Å². The number of carbonyl (C=O) groups is 3. The number of ether oxygens (including phenoxy) is 1. The van der Waals surface area contributed by atoms with Gasteiger partial charge < -0.3 is 10.1 Å². The van der Waals surface area contributed by atoms with Crippen LogP contribution in [0.4, 0.5) is 10.5 Å². The van der Waals surface area contributed by atoms with Gasteiger partial charge in [0.1, 0.15) is 11.4 Å². The third-order valence-electron chi connectivity index (χ3n) is 5.55. The minimum atomic E-state index is -0.663. The Balaban J connectivity index is 1.30. The molecule has 10 nitrogen and oxygen atoms in total. The Hall–Kier alpha value is -4.96. The van der Waals surface area contributed by atoms with Gasteiger partial charge in [-0.2, -0.15) is 5.10 Å². The number of hydrogen-bond acceptors (Lipinski definition) is 6. The highest BCUT2D eigenvalue weighted by molar-refractivity contribution is 6.26. The molecule has 1 aliphatic rings. The van der Waals surface area contributed by atoms with Crippen LogP contribution in [0.1, 0.15) is 26.3 Å². The molecule has 0 saturated carbocycles. The first-order chi connectivity index (χ1) is 17.1. The average molecular weight is 468 g/mol. The normalized spacial score (nSPS) is 11.4. The molecule has 1 aromatic heterocycles. The Kier molecular flexibility index (Phi) is 5.70. The Morgan fingerprint density at radius 3 is 2.40 bits per heavy atom. The molecule has 0 radical (unpaired) electrons. The van der Waals surface area contributed by atoms with Gasteiger partial charge in [-0.25, -0.2) is 4.79 Å². The van der Waals surface area contributed by atoms with Gasteiger partial charge in [0, 0.05) is 16.7 Å². The fourth-order valence-corrected chi connectivity index (χ4v) is 3.91. The summed E-state index contributed by atoms with van der Waals surface area (Å²) in [5, 5.41) is 9.95. The van der Waals surface area contributed by atoms with E-state index < -0.39 is 11.9 Å². The number of H-pyrrole nitrogens is 1. The molecule has 0 fully saturated rings. The SMILES string of the molecule is COc1ccc(-c2n[nH]c3c2C(=O)c2c(NC(=O)NNNC(=O)c4ccccc4)cccc2-3)cc1. The molecule has 10 heteroatoms. The number of nitrogens with one attached hydrogen (secondary N) is 5. The summed E-state index contributed by atoms with van der Waals surface area (Å²) in [4.78, 5) is 37.9. The minimum Gasteiger partial charge on any atom is -0.497 e. The number of benzene rings is 3. The Morgan fingerprint density at radius 2 is 1.66 bits per heavy atom. The van der Waals surface area contributed by atoms with Crippen molar-refractivity contribution in [3.63, 3.8) is 0 Å². The Morgan fingerprint density at radius 1 is 0.886 bits per heavy atom. The number of amides is 3. The Bertz CT molecular complexity index is 1430. The van der Waals surface area contributed by atoms with Gasteiger partial charge in [-0.15, -0.1) is 5.53 Å². The molecule has 0 spiro atoms. The molecule has 0 aliphatic heterocycles. The summed E-state index contributed by atoms with van der Waals surface area (Å²) < 4.78 is 5.20. The largest absolute Gasteiger partial charge is 0.497 e. The van der Waals surface area contributed by atoms with Gasteiger partial charge in [0.2, 0.25) is 0 Å². The molecular formula is C25H20N6O4. The van der Waals surface area contributed by atoms with E-state index in [2.05, 4.69) is 31.9 Å². The van der Waals surface area contributed by atoms with Gasteiger partial charge in [-0.05, 0) is 42.5 Å². The van der Waals surface area contributed by atoms with E-state index in [1.165, 1.54) is 0 Å². The van der Waals surface area contributed by atoms with Crippen LogP contribution in [0.25, 0.3) is 22.5 Å². The monoisotopic (exact) mass is 468 g/mol. The van der Waals surface area contributed by atoms with Crippen LogP contribution in [-0.2, 0) is 0 Å². The second kappa shape index (κ2) is 9.12. The lowest BCUT2D eigenvalue weighted by Gasteiger charge is -2.12. The number of hydrazine groups is 2. The summed E-state index contributed by atoms with van der Waals surface area (Å²) in [6.45, 7) is 0. The van der Waals surface area contributed by atoms with Crippen LogP contribution in [0.3, 0.4) is 0 Å². The molecule has 3 aromatic carbocycles. The molecular weight excluding hydrogens is 448 g/mol. The molecule has 0 unspecified atom stereocenters. The molecule has 0 bridgehead atoms. The topological polar surface area (TPSA) is 137 Å². The van der Waals surface area contributed by atoms with Crippen molar-refractivity contribution in [1.29, 1.82) is 0 Å². The minimum absolute atomic E-state index is 0.254. The van der Waals surface area contributed by atoms with Crippen molar-refractivity contribution in [1.82, 2.24) is 26.6 Å². The smallest absolute Gasteiger partial charge is 0.335 e. The molecule has 0 atom stereocenters. The van der Waals surface area contributed by atoms with Gasteiger partial charge in [0.15, 0.2) is 5.78 Å². The molecule has 4 aromatic rings. The number of nitrogens with zero attached hydrogens (tertiary/aromatic N) is 1. The van der Waals surface area contributed by atoms with Crippen LogP contribution in [0.2, 0.25) is 0 Å². The number of urea groups is 1. The number of ketones is 1. The fourth-order valence-electron chi connectivity index (χ4n) is 3.91. The predicted octanol–water partition coefficient (Wildman–Crippen LogP) is 3.27. The summed E-state index contributed by atoms with van der Waals surface area (Å²) in [6.07, 6.45) is 0. The van der Waals surface area contributed by atoms with Crippen LogP contribution in [-0.4, -0.2) is 35.0 Å². The van der Waals surface area contributed by atoms with Crippen molar-refractivity contribution in [2.24, 2.45) is 0 Å². The van der Waals surface area contributed by atoms with Gasteiger partial charge in [0.25, 0.3) is 5.91 Å². The third kappa shape index (κ3) is 4.09. The maximum absolute atomic E-state index is 13.4. The number of methoxy groups -OCH3 is 1. The van der Waals surface area contributed by atoms with Crippen LogP contribution in [0.5, 0.6) is 5.75 Å². The molecule has 1 heterocycles. The summed E-state index contributed by atoms with van der Waals surface area (Å²) in [5.41, 5.74) is 11.1. The van der Waals surface area contributed by atoms with Gasteiger partial charge >= 0.3 is 6.03 Å². The van der Waals surface area contributed by atoms with Crippen LogP contribution < -0.4 is 26.4 Å². The fraction of sp³-hybridized carbons (Fsp3) is 0.0400. The molecule has 174 valence electrons. The first-order valence-corrected chi connectivity index (χ1v) is 10.6. The van der Waals surface area contributed by atoms with E-state index in [0.29, 0.717) is 45.1 Å². The lowest BCUT2D eigenvalue weighted by molar-refractivity contribution is 0.0926. The lowest BCUT2D eigenvalue weighted by atomic mass is 10.0. The predicted molar refractivity (Wildman–Crippen MR) is 129 cm³/mol. The molecule has 3 amide bonds. The number of aromatic nitrogens is 2. The van der Waals surface area contributed by atoms with E-state index in [0.717, 1.165) is 5.56 Å². The van der Waals surface area contributed by atoms with Crippen molar-refractivity contribution in [3.8, 4) is 28.3 Å². The number of rotatable bonds is 6. The van der Waals surface area contributed by atoms with Gasteiger partial charge in [-0.3, -0.25) is 25.5 Å². The van der Waals surface area contributed by atoms with Gasteiger partial charge in [-0.1, -0.05) is 30.3 Å². The quantitative estimate of drug-likeness (QED) is 0.243. The Labute approximate surface area is 199 Å². The summed E-state index contributed by atoms with van der Waals surface area (Å²) >= 11 is 0. The maximum Gasteiger partial charge on any atom is 0.335 e. The number of anilines is 1. The second-order valence-corrected chi connectivity index (χ2v) is 7.63. The zero-order valence-electron chi connectivity index (χ0n) is 18.5. The maximum atomic E-state index is 13.4. The third-order valence-corrected chi connectivity index (χ3v) is 5.55. The van der Waals surface area contributed by atoms with E-state index >= 15 is 0 Å². The molecule has 5 rings (SSSR count). The first kappa shape index (κ1) is 21.9. The van der Waals surface area contributed by atoms with Crippen molar-refractivity contribution in [3.05, 3.63) is 89.5 Å². The van der Waals surface area contributed by atoms with Crippen LogP contribution in [0, 0.1) is 0 Å². The zero-order chi connectivity index (χ0) is 24.4. The van der Waals surface area contributed by atoms with Crippen molar-refractivity contribution in [2.75, 3.05) is 12.4 Å². The molecule has 35 heavy (non-hydrogen) atoms.